The van der Waals surface area contributed by atoms with E-state index < -0.39 is 24.0 Å². The summed E-state index contributed by atoms with van der Waals surface area (Å²) in [5, 5.41) is 19.7. The first-order chi connectivity index (χ1) is 5.99. The molecule has 76 valence electrons. The predicted octanol–water partition coefficient (Wildman–Crippen LogP) is -1.71. The zero-order valence-corrected chi connectivity index (χ0v) is 7.36. The van der Waals surface area contributed by atoms with Crippen molar-refractivity contribution in [3.63, 3.8) is 0 Å². The topological polar surface area (TPSA) is 113 Å². The largest absolute Gasteiger partial charge is 0.480 e. The van der Waals surface area contributed by atoms with Crippen molar-refractivity contribution in [1.29, 1.82) is 0 Å². The van der Waals surface area contributed by atoms with Crippen molar-refractivity contribution in [1.82, 2.24) is 5.32 Å². The number of carboxylic acids is 1. The van der Waals surface area contributed by atoms with E-state index in [-0.39, 0.29) is 13.0 Å². The summed E-state index contributed by atoms with van der Waals surface area (Å²) < 4.78 is 0. The summed E-state index contributed by atoms with van der Waals surface area (Å²) in [5.74, 6) is -1.74. The van der Waals surface area contributed by atoms with E-state index in [0.717, 1.165) is 0 Å². The lowest BCUT2D eigenvalue weighted by molar-refractivity contribution is -0.144. The van der Waals surface area contributed by atoms with Crippen molar-refractivity contribution in [2.24, 2.45) is 5.73 Å². The molecule has 0 spiro atoms. The number of hydrogen-bond donors (Lipinski definition) is 4. The molecule has 6 nitrogen and oxygen atoms in total. The number of hydrogen-bond acceptors (Lipinski definition) is 4. The summed E-state index contributed by atoms with van der Waals surface area (Å²) in [5.41, 5.74) is 5.09. The van der Waals surface area contributed by atoms with Crippen molar-refractivity contribution >= 4 is 11.9 Å². The Morgan fingerprint density at radius 3 is 2.38 bits per heavy atom. The summed E-state index contributed by atoms with van der Waals surface area (Å²) in [7, 11) is 0. The molecule has 6 heteroatoms. The molecule has 0 aliphatic heterocycles. The Balaban J connectivity index is 4.10. The average molecular weight is 190 g/mol. The molecule has 2 atom stereocenters. The fourth-order valence-corrected chi connectivity index (χ4v) is 0.765. The highest BCUT2D eigenvalue weighted by atomic mass is 16.4. The van der Waals surface area contributed by atoms with Crippen LogP contribution in [-0.2, 0) is 9.59 Å². The third-order valence-electron chi connectivity index (χ3n) is 1.44. The number of nitrogens with two attached hydrogens (primary N) is 1. The van der Waals surface area contributed by atoms with Gasteiger partial charge in [-0.05, 0) is 6.92 Å². The number of nitrogens with one attached hydrogen (secondary N) is 1. The van der Waals surface area contributed by atoms with Gasteiger partial charge in [-0.1, -0.05) is 0 Å². The average Bonchev–Trinajstić information content (AvgIpc) is 1.99. The number of carboxylic acid groups (broad SMARTS) is 1. The molecule has 13 heavy (non-hydrogen) atoms. The Hall–Kier alpha value is -1.14. The van der Waals surface area contributed by atoms with Gasteiger partial charge in [0.2, 0.25) is 5.91 Å². The Morgan fingerprint density at radius 1 is 1.54 bits per heavy atom. The predicted molar refractivity (Wildman–Crippen MR) is 44.9 cm³/mol. The third-order valence-corrected chi connectivity index (χ3v) is 1.44. The van der Waals surface area contributed by atoms with E-state index in [1.807, 2.05) is 0 Å². The second kappa shape index (κ2) is 5.50. The van der Waals surface area contributed by atoms with E-state index >= 15 is 0 Å². The highest BCUT2D eigenvalue weighted by Gasteiger charge is 2.24. The Bertz CT molecular complexity index is 193. The zero-order chi connectivity index (χ0) is 10.4. The first kappa shape index (κ1) is 11.9. The van der Waals surface area contributed by atoms with Crippen LogP contribution >= 0.6 is 0 Å². The third kappa shape index (κ3) is 4.44. The van der Waals surface area contributed by atoms with Gasteiger partial charge in [-0.25, -0.2) is 4.79 Å². The lowest BCUT2D eigenvalue weighted by atomic mass is 10.2. The molecule has 0 radical (unpaired) electrons. The first-order valence-corrected chi connectivity index (χ1v) is 3.89. The number of carbonyl (C=O) groups excluding carboxylic acids is 1. The Kier molecular flexibility index (Phi) is 5.01. The molecular weight excluding hydrogens is 176 g/mol. The van der Waals surface area contributed by atoms with Gasteiger partial charge >= 0.3 is 5.97 Å². The molecule has 0 rings (SSSR count). The van der Waals surface area contributed by atoms with E-state index in [0.29, 0.717) is 0 Å². The van der Waals surface area contributed by atoms with Gasteiger partial charge in [0.05, 0.1) is 6.10 Å². The van der Waals surface area contributed by atoms with Crippen molar-refractivity contribution in [2.45, 2.75) is 25.5 Å². The van der Waals surface area contributed by atoms with Crippen molar-refractivity contribution < 1.29 is 19.8 Å². The van der Waals surface area contributed by atoms with E-state index in [2.05, 4.69) is 5.32 Å². The number of rotatable bonds is 5. The van der Waals surface area contributed by atoms with E-state index in [4.69, 9.17) is 15.9 Å². The van der Waals surface area contributed by atoms with E-state index in [1.54, 1.807) is 0 Å². The van der Waals surface area contributed by atoms with Gasteiger partial charge in [0.1, 0.15) is 0 Å². The molecule has 5 N–H and O–H groups in total. The molecule has 0 saturated carbocycles. The minimum absolute atomic E-state index is 0.0521. The molecule has 0 aromatic heterocycles. The molecule has 0 aromatic carbocycles. The lowest BCUT2D eigenvalue weighted by Crippen LogP contribution is -2.47. The normalized spacial score (nSPS) is 14.7. The molecule has 0 heterocycles. The second-order valence-electron chi connectivity index (χ2n) is 2.66. The number of aliphatic hydroxyl groups excluding tert-OH is 1. The van der Waals surface area contributed by atoms with Gasteiger partial charge in [0.15, 0.2) is 6.04 Å². The summed E-state index contributed by atoms with van der Waals surface area (Å²) >= 11 is 0. The minimum Gasteiger partial charge on any atom is -0.480 e. The van der Waals surface area contributed by atoms with Crippen LogP contribution in [0, 0.1) is 0 Å². The zero-order valence-electron chi connectivity index (χ0n) is 7.36. The fourth-order valence-electron chi connectivity index (χ4n) is 0.765. The van der Waals surface area contributed by atoms with Crippen LogP contribution in [0.3, 0.4) is 0 Å². The van der Waals surface area contributed by atoms with E-state index in [1.165, 1.54) is 6.92 Å². The highest BCUT2D eigenvalue weighted by molar-refractivity contribution is 5.83. The molecule has 0 bridgehead atoms. The van der Waals surface area contributed by atoms with Crippen LogP contribution < -0.4 is 11.1 Å². The summed E-state index contributed by atoms with van der Waals surface area (Å²) in [6.45, 7) is 1.44. The monoisotopic (exact) mass is 190 g/mol. The minimum atomic E-state index is -1.26. The number of aliphatic hydroxyl groups is 1. The quantitative estimate of drug-likeness (QED) is 0.412. The molecule has 1 amide bonds. The number of amides is 1. The number of aliphatic carboxylic acids is 1. The van der Waals surface area contributed by atoms with Crippen LogP contribution in [0.5, 0.6) is 0 Å². The smallest absolute Gasteiger partial charge is 0.328 e. The number of carbonyl (C=O) groups is 2. The maximum atomic E-state index is 10.9. The van der Waals surface area contributed by atoms with Crippen LogP contribution in [0.25, 0.3) is 0 Å². The van der Waals surface area contributed by atoms with Crippen LogP contribution in [0.2, 0.25) is 0 Å². The van der Waals surface area contributed by atoms with Gasteiger partial charge in [-0.15, -0.1) is 0 Å². The molecule has 0 aliphatic rings. The van der Waals surface area contributed by atoms with Crippen LogP contribution in [0.15, 0.2) is 0 Å². The molecule has 0 unspecified atom stereocenters. The summed E-state index contributed by atoms with van der Waals surface area (Å²) in [4.78, 5) is 21.4. The van der Waals surface area contributed by atoms with Gasteiger partial charge in [-0.2, -0.15) is 0 Å². The lowest BCUT2D eigenvalue weighted by Gasteiger charge is -2.16. The molecule has 0 saturated heterocycles. The molecule has 0 fully saturated rings. The molecule has 0 aliphatic carbocycles. The van der Waals surface area contributed by atoms with Crippen molar-refractivity contribution in [3.8, 4) is 0 Å². The SMILES string of the molecule is C[C@@H](O)[C@H](NC(=O)CCN)C(=O)O. The maximum Gasteiger partial charge on any atom is 0.328 e. The van der Waals surface area contributed by atoms with Crippen molar-refractivity contribution in [2.75, 3.05) is 6.54 Å². The molecular formula is C7H14N2O4. The fraction of sp³-hybridized carbons (Fsp3) is 0.714. The summed E-state index contributed by atoms with van der Waals surface area (Å²) in [6, 6.07) is -1.26. The van der Waals surface area contributed by atoms with Crippen LogP contribution in [0.4, 0.5) is 0 Å². The first-order valence-electron chi connectivity index (χ1n) is 3.89. The Labute approximate surface area is 75.7 Å². The standard InChI is InChI=1S/C7H14N2O4/c1-4(10)6(7(12)13)9-5(11)2-3-8/h4,6,10H,2-3,8H2,1H3,(H,9,11)(H,12,13)/t4-,6+/m1/s1. The van der Waals surface area contributed by atoms with Gasteiger partial charge in [-0.3, -0.25) is 4.79 Å². The van der Waals surface area contributed by atoms with Crippen LogP contribution in [0.1, 0.15) is 13.3 Å². The van der Waals surface area contributed by atoms with Gasteiger partial charge < -0.3 is 21.3 Å². The molecule has 0 aromatic rings. The van der Waals surface area contributed by atoms with E-state index in [9.17, 15) is 9.59 Å². The Morgan fingerprint density at radius 2 is 2.08 bits per heavy atom. The maximum absolute atomic E-state index is 10.9. The van der Waals surface area contributed by atoms with Gasteiger partial charge in [0, 0.05) is 13.0 Å². The van der Waals surface area contributed by atoms with Gasteiger partial charge in [0.25, 0.3) is 0 Å². The highest BCUT2D eigenvalue weighted by Crippen LogP contribution is 1.93. The summed E-state index contributed by atoms with van der Waals surface area (Å²) in [6.07, 6.45) is -1.07. The second-order valence-corrected chi connectivity index (χ2v) is 2.66. The van der Waals surface area contributed by atoms with Crippen molar-refractivity contribution in [3.05, 3.63) is 0 Å². The van der Waals surface area contributed by atoms with Crippen LogP contribution in [-0.4, -0.2) is 40.8 Å².